The molecule has 1 aromatic carbocycles. The molecule has 1 aromatic heterocycles. The standard InChI is InChI=1S/C15H14BrN3/c16-14-9-13(10-18-11-14)12-19(8-4-7-17)15-5-2-1-3-6-15/h1-3,5-6,9-11H,4,8,12H2. The highest BCUT2D eigenvalue weighted by Gasteiger charge is 2.07. The van der Waals surface area contributed by atoms with Crippen LogP contribution >= 0.6 is 15.9 Å². The van der Waals surface area contributed by atoms with Crippen molar-refractivity contribution in [2.45, 2.75) is 13.0 Å². The second kappa shape index (κ2) is 6.91. The van der Waals surface area contributed by atoms with Gasteiger partial charge in [-0.05, 0) is 39.7 Å². The van der Waals surface area contributed by atoms with Crippen LogP contribution in [0.5, 0.6) is 0 Å². The first kappa shape index (κ1) is 13.6. The minimum Gasteiger partial charge on any atom is -0.366 e. The number of pyridine rings is 1. The van der Waals surface area contributed by atoms with E-state index < -0.39 is 0 Å². The van der Waals surface area contributed by atoms with Gasteiger partial charge in [-0.25, -0.2) is 0 Å². The van der Waals surface area contributed by atoms with Crippen LogP contribution in [0.25, 0.3) is 0 Å². The molecule has 96 valence electrons. The van der Waals surface area contributed by atoms with Crippen molar-refractivity contribution < 1.29 is 0 Å². The fourth-order valence-electron chi connectivity index (χ4n) is 1.89. The molecule has 2 aromatic rings. The number of halogens is 1. The van der Waals surface area contributed by atoms with Crippen molar-refractivity contribution in [2.75, 3.05) is 11.4 Å². The van der Waals surface area contributed by atoms with Gasteiger partial charge in [0.1, 0.15) is 0 Å². The van der Waals surface area contributed by atoms with E-state index in [-0.39, 0.29) is 0 Å². The van der Waals surface area contributed by atoms with Gasteiger partial charge < -0.3 is 4.90 Å². The van der Waals surface area contributed by atoms with E-state index in [2.05, 4.69) is 50.1 Å². The first-order valence-corrected chi connectivity index (χ1v) is 6.85. The Labute approximate surface area is 121 Å². The topological polar surface area (TPSA) is 39.9 Å². The quantitative estimate of drug-likeness (QED) is 0.843. The zero-order valence-electron chi connectivity index (χ0n) is 10.5. The number of nitrogens with zero attached hydrogens (tertiary/aromatic N) is 3. The summed E-state index contributed by atoms with van der Waals surface area (Å²) < 4.78 is 0.971. The van der Waals surface area contributed by atoms with Crippen LogP contribution in [0.4, 0.5) is 5.69 Å². The molecule has 0 spiro atoms. The molecule has 0 bridgehead atoms. The lowest BCUT2D eigenvalue weighted by molar-refractivity contribution is 0.795. The summed E-state index contributed by atoms with van der Waals surface area (Å²) in [6.07, 6.45) is 4.13. The molecule has 2 rings (SSSR count). The maximum atomic E-state index is 8.78. The SMILES string of the molecule is N#CCCN(Cc1cncc(Br)c1)c1ccccc1. The summed E-state index contributed by atoms with van der Waals surface area (Å²) >= 11 is 3.43. The van der Waals surface area contributed by atoms with Crippen LogP contribution in [-0.4, -0.2) is 11.5 Å². The molecule has 0 atom stereocenters. The lowest BCUT2D eigenvalue weighted by Gasteiger charge is -2.23. The van der Waals surface area contributed by atoms with E-state index in [1.165, 1.54) is 0 Å². The van der Waals surface area contributed by atoms with Gasteiger partial charge in [0, 0.05) is 35.6 Å². The predicted octanol–water partition coefficient (Wildman–Crippen LogP) is 3.76. The molecule has 0 saturated heterocycles. The Kier molecular flexibility index (Phi) is 4.93. The summed E-state index contributed by atoms with van der Waals surface area (Å²) in [6, 6.07) is 14.4. The smallest absolute Gasteiger partial charge is 0.0640 e. The van der Waals surface area contributed by atoms with Crippen LogP contribution in [0, 0.1) is 11.3 Å². The molecule has 0 amide bonds. The monoisotopic (exact) mass is 315 g/mol. The third kappa shape index (κ3) is 4.08. The van der Waals surface area contributed by atoms with Crippen LogP contribution in [-0.2, 0) is 6.54 Å². The Morgan fingerprint density at radius 1 is 1.21 bits per heavy atom. The molecule has 0 aliphatic heterocycles. The second-order valence-corrected chi connectivity index (χ2v) is 5.09. The summed E-state index contributed by atoms with van der Waals surface area (Å²) in [5.41, 5.74) is 2.24. The van der Waals surface area contributed by atoms with Gasteiger partial charge in [-0.2, -0.15) is 5.26 Å². The van der Waals surface area contributed by atoms with Crippen LogP contribution in [0.15, 0.2) is 53.3 Å². The molecule has 0 unspecified atom stereocenters. The molecular formula is C15H14BrN3. The van der Waals surface area contributed by atoms with Crippen molar-refractivity contribution in [1.82, 2.24) is 4.98 Å². The zero-order chi connectivity index (χ0) is 13.5. The molecule has 4 heteroatoms. The van der Waals surface area contributed by atoms with E-state index in [1.807, 2.05) is 24.4 Å². The average Bonchev–Trinajstić information content (AvgIpc) is 2.44. The van der Waals surface area contributed by atoms with Gasteiger partial charge in [-0.15, -0.1) is 0 Å². The highest BCUT2D eigenvalue weighted by atomic mass is 79.9. The van der Waals surface area contributed by atoms with Crippen molar-refractivity contribution in [3.8, 4) is 6.07 Å². The third-order valence-corrected chi connectivity index (χ3v) is 3.18. The largest absolute Gasteiger partial charge is 0.366 e. The molecule has 0 radical (unpaired) electrons. The Hall–Kier alpha value is -1.86. The summed E-state index contributed by atoms with van der Waals surface area (Å²) in [6.45, 7) is 1.46. The Morgan fingerprint density at radius 3 is 2.68 bits per heavy atom. The first-order valence-electron chi connectivity index (χ1n) is 6.06. The van der Waals surface area contributed by atoms with E-state index in [9.17, 15) is 0 Å². The predicted molar refractivity (Wildman–Crippen MR) is 79.7 cm³/mol. The highest BCUT2D eigenvalue weighted by molar-refractivity contribution is 9.10. The molecule has 1 heterocycles. The summed E-state index contributed by atoms with van der Waals surface area (Å²) in [5, 5.41) is 8.78. The van der Waals surface area contributed by atoms with Gasteiger partial charge >= 0.3 is 0 Å². The van der Waals surface area contributed by atoms with Crippen molar-refractivity contribution in [2.24, 2.45) is 0 Å². The Balaban J connectivity index is 2.17. The van der Waals surface area contributed by atoms with Gasteiger partial charge in [0.15, 0.2) is 0 Å². The minimum absolute atomic E-state index is 0.510. The van der Waals surface area contributed by atoms with Crippen LogP contribution in [0.2, 0.25) is 0 Å². The fraction of sp³-hybridized carbons (Fsp3) is 0.200. The lowest BCUT2D eigenvalue weighted by atomic mass is 10.2. The Morgan fingerprint density at radius 2 is 2.00 bits per heavy atom. The van der Waals surface area contributed by atoms with Crippen LogP contribution in [0.1, 0.15) is 12.0 Å². The van der Waals surface area contributed by atoms with Crippen LogP contribution in [0.3, 0.4) is 0 Å². The van der Waals surface area contributed by atoms with E-state index >= 15 is 0 Å². The number of nitriles is 1. The number of hydrogen-bond donors (Lipinski definition) is 0. The number of anilines is 1. The highest BCUT2D eigenvalue weighted by Crippen LogP contribution is 2.18. The molecule has 0 aliphatic rings. The summed E-state index contributed by atoms with van der Waals surface area (Å²) in [4.78, 5) is 6.36. The van der Waals surface area contributed by atoms with Gasteiger partial charge in [0.05, 0.1) is 12.5 Å². The average molecular weight is 316 g/mol. The van der Waals surface area contributed by atoms with E-state index in [4.69, 9.17) is 5.26 Å². The van der Waals surface area contributed by atoms with Gasteiger partial charge in [0.25, 0.3) is 0 Å². The second-order valence-electron chi connectivity index (χ2n) is 4.18. The molecule has 0 aliphatic carbocycles. The van der Waals surface area contributed by atoms with Gasteiger partial charge in [0.2, 0.25) is 0 Å². The number of hydrogen-bond acceptors (Lipinski definition) is 3. The van der Waals surface area contributed by atoms with Crippen molar-refractivity contribution >= 4 is 21.6 Å². The number of benzene rings is 1. The molecule has 19 heavy (non-hydrogen) atoms. The van der Waals surface area contributed by atoms with Crippen molar-refractivity contribution in [3.05, 3.63) is 58.8 Å². The van der Waals surface area contributed by atoms with Gasteiger partial charge in [-0.3, -0.25) is 4.98 Å². The maximum Gasteiger partial charge on any atom is 0.0640 e. The van der Waals surface area contributed by atoms with Crippen LogP contribution < -0.4 is 4.90 Å². The molecule has 3 nitrogen and oxygen atoms in total. The lowest BCUT2D eigenvalue weighted by Crippen LogP contribution is -2.23. The molecular weight excluding hydrogens is 302 g/mol. The summed E-state index contributed by atoms with van der Waals surface area (Å²) in [5.74, 6) is 0. The third-order valence-electron chi connectivity index (χ3n) is 2.75. The summed E-state index contributed by atoms with van der Waals surface area (Å²) in [7, 11) is 0. The van der Waals surface area contributed by atoms with E-state index in [0.717, 1.165) is 22.3 Å². The number of aromatic nitrogens is 1. The minimum atomic E-state index is 0.510. The van der Waals surface area contributed by atoms with E-state index in [0.29, 0.717) is 13.0 Å². The van der Waals surface area contributed by atoms with E-state index in [1.54, 1.807) is 6.20 Å². The van der Waals surface area contributed by atoms with Gasteiger partial charge in [-0.1, -0.05) is 18.2 Å². The zero-order valence-corrected chi connectivity index (χ0v) is 12.0. The maximum absolute atomic E-state index is 8.78. The first-order chi connectivity index (χ1) is 9.29. The normalized spacial score (nSPS) is 9.89. The van der Waals surface area contributed by atoms with Crippen molar-refractivity contribution in [1.29, 1.82) is 5.26 Å². The molecule has 0 N–H and O–H groups in total. The fourth-order valence-corrected chi connectivity index (χ4v) is 2.30. The molecule has 0 saturated carbocycles. The van der Waals surface area contributed by atoms with Crippen molar-refractivity contribution in [3.63, 3.8) is 0 Å². The number of para-hydroxylation sites is 1. The molecule has 0 fully saturated rings. The Bertz CT molecular complexity index is 563. The number of rotatable bonds is 5.